The van der Waals surface area contributed by atoms with Crippen LogP contribution >= 0.6 is 0 Å². The zero-order chi connectivity index (χ0) is 32.7. The van der Waals surface area contributed by atoms with Crippen molar-refractivity contribution in [1.29, 1.82) is 0 Å². The number of aliphatic hydroxyl groups excluding tert-OH is 1. The SMILES string of the molecule is CC/C=C\C/C=C\C/C=C\C/C=C\CCCCCCCCC(=O)OC(CO)COCCCCCCCC/C=C\C/C=C\CCC. The highest BCUT2D eigenvalue weighted by Crippen LogP contribution is 2.11. The number of hydrogen-bond donors (Lipinski definition) is 1. The number of ether oxygens (including phenoxy) is 2. The zero-order valence-corrected chi connectivity index (χ0v) is 29.4. The zero-order valence-electron chi connectivity index (χ0n) is 29.4. The van der Waals surface area contributed by atoms with Crippen LogP contribution < -0.4 is 0 Å². The molecule has 0 aromatic carbocycles. The van der Waals surface area contributed by atoms with Crippen LogP contribution in [0.1, 0.15) is 155 Å². The lowest BCUT2D eigenvalue weighted by atomic mass is 10.1. The molecule has 0 rings (SSSR count). The molecule has 1 atom stereocenters. The third kappa shape index (κ3) is 36.2. The quantitative estimate of drug-likeness (QED) is 0.0447. The second-order valence-electron chi connectivity index (χ2n) is 11.9. The average molecular weight is 627 g/mol. The molecule has 0 aliphatic rings. The first-order chi connectivity index (χ1) is 22.2. The molecule has 0 saturated heterocycles. The minimum atomic E-state index is -0.550. The van der Waals surface area contributed by atoms with Gasteiger partial charge in [-0.1, -0.05) is 145 Å². The summed E-state index contributed by atoms with van der Waals surface area (Å²) < 4.78 is 11.1. The summed E-state index contributed by atoms with van der Waals surface area (Å²) in [5.74, 6) is -0.222. The predicted molar refractivity (Wildman–Crippen MR) is 196 cm³/mol. The van der Waals surface area contributed by atoms with E-state index < -0.39 is 6.10 Å². The van der Waals surface area contributed by atoms with Crippen LogP contribution in [0.15, 0.2) is 72.9 Å². The number of carbonyl (C=O) groups excluding carboxylic acids is 1. The standard InChI is InChI=1S/C41H70O4/c1-3-5-7-9-11-13-15-17-19-20-21-22-23-24-26-28-30-32-34-36-41(43)45-40(38-42)39-44-37-35-33-31-29-27-25-18-16-14-12-10-8-6-4-2/h5,7-8,10-11,13-14,16-17,19,21-22,40,42H,3-4,6,9,12,15,18,20,23-39H2,1-2H3/b7-5-,10-8-,13-11-,16-14-,19-17-,22-21-. The number of rotatable bonds is 33. The first kappa shape index (κ1) is 42.8. The molecule has 4 nitrogen and oxygen atoms in total. The highest BCUT2D eigenvalue weighted by Gasteiger charge is 2.13. The van der Waals surface area contributed by atoms with Crippen molar-refractivity contribution in [2.45, 2.75) is 161 Å². The van der Waals surface area contributed by atoms with Crippen LogP contribution in [-0.2, 0) is 14.3 Å². The van der Waals surface area contributed by atoms with Crippen molar-refractivity contribution in [3.63, 3.8) is 0 Å². The molecule has 0 saturated carbocycles. The fourth-order valence-corrected chi connectivity index (χ4v) is 4.77. The molecule has 45 heavy (non-hydrogen) atoms. The molecule has 0 aliphatic carbocycles. The molecule has 0 bridgehead atoms. The Bertz CT molecular complexity index is 789. The van der Waals surface area contributed by atoms with Crippen LogP contribution in [0.5, 0.6) is 0 Å². The van der Waals surface area contributed by atoms with E-state index in [9.17, 15) is 9.90 Å². The topological polar surface area (TPSA) is 55.8 Å². The van der Waals surface area contributed by atoms with Crippen molar-refractivity contribution >= 4 is 5.97 Å². The molecule has 0 aromatic rings. The summed E-state index contributed by atoms with van der Waals surface area (Å²) in [6.45, 7) is 5.12. The first-order valence-corrected chi connectivity index (χ1v) is 18.5. The minimum absolute atomic E-state index is 0.186. The van der Waals surface area contributed by atoms with Gasteiger partial charge in [-0.25, -0.2) is 0 Å². The molecule has 1 N–H and O–H groups in total. The van der Waals surface area contributed by atoms with Gasteiger partial charge in [0.2, 0.25) is 0 Å². The van der Waals surface area contributed by atoms with E-state index in [1.54, 1.807) is 0 Å². The van der Waals surface area contributed by atoms with Gasteiger partial charge in [0.1, 0.15) is 6.10 Å². The Morgan fingerprint density at radius 1 is 0.556 bits per heavy atom. The monoisotopic (exact) mass is 627 g/mol. The van der Waals surface area contributed by atoms with Crippen molar-refractivity contribution in [2.24, 2.45) is 0 Å². The molecule has 0 spiro atoms. The first-order valence-electron chi connectivity index (χ1n) is 18.5. The molecule has 0 aromatic heterocycles. The Kier molecular flexibility index (Phi) is 36.2. The van der Waals surface area contributed by atoms with E-state index >= 15 is 0 Å². The third-order valence-corrected chi connectivity index (χ3v) is 7.50. The van der Waals surface area contributed by atoms with Gasteiger partial charge in [-0.05, 0) is 77.0 Å². The molecular weight excluding hydrogens is 556 g/mol. The van der Waals surface area contributed by atoms with Crippen LogP contribution in [0, 0.1) is 0 Å². The summed E-state index contributed by atoms with van der Waals surface area (Å²) in [6, 6.07) is 0. The summed E-state index contributed by atoms with van der Waals surface area (Å²) in [7, 11) is 0. The molecule has 0 amide bonds. The van der Waals surface area contributed by atoms with E-state index in [1.807, 2.05) is 0 Å². The highest BCUT2D eigenvalue weighted by atomic mass is 16.6. The molecule has 4 heteroatoms. The van der Waals surface area contributed by atoms with Gasteiger partial charge in [0, 0.05) is 13.0 Å². The number of unbranched alkanes of at least 4 members (excludes halogenated alkanes) is 13. The normalized spacial score (nSPS) is 13.2. The Morgan fingerprint density at radius 2 is 1.00 bits per heavy atom. The number of esters is 1. The van der Waals surface area contributed by atoms with Gasteiger partial charge in [0.05, 0.1) is 13.2 Å². The number of hydrogen-bond acceptors (Lipinski definition) is 4. The van der Waals surface area contributed by atoms with E-state index in [-0.39, 0.29) is 19.2 Å². The molecule has 0 heterocycles. The number of allylic oxidation sites excluding steroid dienone is 12. The van der Waals surface area contributed by atoms with E-state index in [1.165, 1.54) is 64.2 Å². The van der Waals surface area contributed by atoms with Gasteiger partial charge >= 0.3 is 5.97 Å². The Morgan fingerprint density at radius 3 is 1.51 bits per heavy atom. The van der Waals surface area contributed by atoms with Gasteiger partial charge in [-0.3, -0.25) is 4.79 Å². The van der Waals surface area contributed by atoms with Crippen molar-refractivity contribution in [2.75, 3.05) is 19.8 Å². The van der Waals surface area contributed by atoms with Crippen molar-refractivity contribution in [3.8, 4) is 0 Å². The van der Waals surface area contributed by atoms with Gasteiger partial charge in [0.15, 0.2) is 0 Å². The van der Waals surface area contributed by atoms with E-state index in [2.05, 4.69) is 86.8 Å². The van der Waals surface area contributed by atoms with Gasteiger partial charge in [-0.2, -0.15) is 0 Å². The fraction of sp³-hybridized carbons (Fsp3) is 0.683. The highest BCUT2D eigenvalue weighted by molar-refractivity contribution is 5.69. The van der Waals surface area contributed by atoms with Crippen molar-refractivity contribution < 1.29 is 19.4 Å². The van der Waals surface area contributed by atoms with Crippen LogP contribution in [0.2, 0.25) is 0 Å². The molecule has 1 unspecified atom stereocenters. The molecule has 0 fully saturated rings. The number of carbonyl (C=O) groups is 1. The van der Waals surface area contributed by atoms with Crippen molar-refractivity contribution in [1.82, 2.24) is 0 Å². The largest absolute Gasteiger partial charge is 0.457 e. The molecule has 258 valence electrons. The lowest BCUT2D eigenvalue weighted by Crippen LogP contribution is -2.27. The van der Waals surface area contributed by atoms with Crippen LogP contribution in [0.25, 0.3) is 0 Å². The lowest BCUT2D eigenvalue weighted by molar-refractivity contribution is -0.154. The van der Waals surface area contributed by atoms with Crippen LogP contribution in [0.4, 0.5) is 0 Å². The summed E-state index contributed by atoms with van der Waals surface area (Å²) in [5.41, 5.74) is 0. The Hall–Kier alpha value is -2.17. The summed E-state index contributed by atoms with van der Waals surface area (Å²) >= 11 is 0. The second kappa shape index (κ2) is 38.0. The van der Waals surface area contributed by atoms with Gasteiger partial charge < -0.3 is 14.6 Å². The maximum absolute atomic E-state index is 12.2. The smallest absolute Gasteiger partial charge is 0.306 e. The minimum Gasteiger partial charge on any atom is -0.457 e. The van der Waals surface area contributed by atoms with Crippen LogP contribution in [0.3, 0.4) is 0 Å². The maximum atomic E-state index is 12.2. The average Bonchev–Trinajstić information content (AvgIpc) is 3.05. The molecular formula is C41H70O4. The van der Waals surface area contributed by atoms with Crippen LogP contribution in [-0.4, -0.2) is 37.0 Å². The van der Waals surface area contributed by atoms with Gasteiger partial charge in [0.25, 0.3) is 0 Å². The van der Waals surface area contributed by atoms with E-state index in [0.29, 0.717) is 13.0 Å². The van der Waals surface area contributed by atoms with E-state index in [4.69, 9.17) is 9.47 Å². The summed E-state index contributed by atoms with van der Waals surface area (Å²) in [5, 5.41) is 9.56. The third-order valence-electron chi connectivity index (χ3n) is 7.50. The molecule has 0 aliphatic heterocycles. The predicted octanol–water partition coefficient (Wildman–Crippen LogP) is 11.9. The fourth-order valence-electron chi connectivity index (χ4n) is 4.77. The Labute approximate surface area is 278 Å². The lowest BCUT2D eigenvalue weighted by Gasteiger charge is -2.15. The van der Waals surface area contributed by atoms with Crippen molar-refractivity contribution in [3.05, 3.63) is 72.9 Å². The summed E-state index contributed by atoms with van der Waals surface area (Å²) in [6.07, 6.45) is 50.8. The number of aliphatic hydroxyl groups is 1. The van der Waals surface area contributed by atoms with Gasteiger partial charge in [-0.15, -0.1) is 0 Å². The Balaban J connectivity index is 3.53. The second-order valence-corrected chi connectivity index (χ2v) is 11.9. The maximum Gasteiger partial charge on any atom is 0.306 e. The van der Waals surface area contributed by atoms with E-state index in [0.717, 1.165) is 70.6 Å². The molecule has 0 radical (unpaired) electrons. The summed E-state index contributed by atoms with van der Waals surface area (Å²) in [4.78, 5) is 12.2.